The fraction of sp³-hybridized carbons (Fsp3) is 0.292. The van der Waals surface area contributed by atoms with Gasteiger partial charge in [0.1, 0.15) is 11.5 Å². The third-order valence-electron chi connectivity index (χ3n) is 4.55. The van der Waals surface area contributed by atoms with Crippen molar-refractivity contribution in [3.8, 4) is 11.5 Å². The van der Waals surface area contributed by atoms with Gasteiger partial charge in [0, 0.05) is 22.2 Å². The highest BCUT2D eigenvalue weighted by atomic mass is 16.5. The molecule has 4 heteroatoms. The topological polar surface area (TPSA) is 61.5 Å². The molecule has 0 aliphatic carbocycles. The number of allylic oxidation sites excluding steroid dienone is 2. The van der Waals surface area contributed by atoms with Crippen molar-refractivity contribution in [3.63, 3.8) is 0 Å². The van der Waals surface area contributed by atoms with E-state index in [4.69, 9.17) is 15.2 Å². The molecule has 0 aliphatic rings. The number of ketones is 1. The standard InChI is InChI=1S/C24H29NO3/c1-6-24(4,5)20-14-16-22(27-7-2)19(23(20)28-8-3)13-15-21(26)17-9-11-18(25)12-10-17/h6,9-16H,1,7-8,25H2,2-5H3. The molecule has 2 rings (SSSR count). The van der Waals surface area contributed by atoms with Crippen molar-refractivity contribution in [3.05, 3.63) is 71.8 Å². The van der Waals surface area contributed by atoms with Crippen LogP contribution in [0.15, 0.2) is 55.1 Å². The molecular weight excluding hydrogens is 350 g/mol. The molecule has 2 aromatic rings. The van der Waals surface area contributed by atoms with Crippen molar-refractivity contribution in [2.24, 2.45) is 0 Å². The number of carbonyl (C=O) groups is 1. The number of carbonyl (C=O) groups excluding carboxylic acids is 1. The minimum Gasteiger partial charge on any atom is -0.493 e. The van der Waals surface area contributed by atoms with Gasteiger partial charge in [-0.1, -0.05) is 26.0 Å². The Labute approximate surface area is 167 Å². The molecule has 0 saturated carbocycles. The third-order valence-corrected chi connectivity index (χ3v) is 4.55. The molecule has 0 fully saturated rings. The molecule has 0 radical (unpaired) electrons. The zero-order valence-corrected chi connectivity index (χ0v) is 17.1. The molecule has 4 nitrogen and oxygen atoms in total. The SMILES string of the molecule is C=CC(C)(C)c1ccc(OCC)c(C=CC(=O)c2ccc(N)cc2)c1OCC. The summed E-state index contributed by atoms with van der Waals surface area (Å²) < 4.78 is 11.8. The molecule has 0 spiro atoms. The number of hydrogen-bond acceptors (Lipinski definition) is 4. The molecular formula is C24H29NO3. The fourth-order valence-corrected chi connectivity index (χ4v) is 2.84. The molecule has 0 bridgehead atoms. The Bertz CT molecular complexity index is 864. The average molecular weight is 380 g/mol. The maximum atomic E-state index is 12.6. The fourth-order valence-electron chi connectivity index (χ4n) is 2.84. The summed E-state index contributed by atoms with van der Waals surface area (Å²) in [5.41, 5.74) is 8.34. The molecule has 2 N–H and O–H groups in total. The number of rotatable bonds is 9. The van der Waals surface area contributed by atoms with Crippen molar-refractivity contribution < 1.29 is 14.3 Å². The van der Waals surface area contributed by atoms with Gasteiger partial charge in [-0.05, 0) is 56.3 Å². The van der Waals surface area contributed by atoms with Gasteiger partial charge in [-0.25, -0.2) is 0 Å². The Morgan fingerprint density at radius 2 is 1.71 bits per heavy atom. The highest BCUT2D eigenvalue weighted by Crippen LogP contribution is 2.40. The van der Waals surface area contributed by atoms with Crippen molar-refractivity contribution in [2.75, 3.05) is 18.9 Å². The van der Waals surface area contributed by atoms with Crippen LogP contribution in [-0.2, 0) is 5.41 Å². The van der Waals surface area contributed by atoms with E-state index in [2.05, 4.69) is 20.4 Å². The summed E-state index contributed by atoms with van der Waals surface area (Å²) in [6.07, 6.45) is 5.19. The second-order valence-corrected chi connectivity index (χ2v) is 6.97. The summed E-state index contributed by atoms with van der Waals surface area (Å²) in [4.78, 5) is 12.6. The van der Waals surface area contributed by atoms with Gasteiger partial charge in [0.15, 0.2) is 5.78 Å². The summed E-state index contributed by atoms with van der Waals surface area (Å²) in [5.74, 6) is 1.27. The van der Waals surface area contributed by atoms with E-state index in [0.29, 0.717) is 36.0 Å². The van der Waals surface area contributed by atoms with Crippen molar-refractivity contribution in [1.82, 2.24) is 0 Å². The van der Waals surface area contributed by atoms with Crippen LogP contribution in [0.25, 0.3) is 6.08 Å². The van der Waals surface area contributed by atoms with Crippen LogP contribution >= 0.6 is 0 Å². The van der Waals surface area contributed by atoms with Crippen LogP contribution in [0.2, 0.25) is 0 Å². The minimum atomic E-state index is -0.293. The summed E-state index contributed by atoms with van der Waals surface area (Å²) in [6, 6.07) is 10.8. The Morgan fingerprint density at radius 1 is 1.07 bits per heavy atom. The van der Waals surface area contributed by atoms with Crippen LogP contribution in [-0.4, -0.2) is 19.0 Å². The van der Waals surface area contributed by atoms with Crippen LogP contribution in [0.5, 0.6) is 11.5 Å². The zero-order chi connectivity index (χ0) is 20.7. The van der Waals surface area contributed by atoms with Crippen LogP contribution in [0.3, 0.4) is 0 Å². The first-order valence-electron chi connectivity index (χ1n) is 9.48. The van der Waals surface area contributed by atoms with Crippen LogP contribution in [0.4, 0.5) is 5.69 Å². The Morgan fingerprint density at radius 3 is 2.29 bits per heavy atom. The van der Waals surface area contributed by atoms with E-state index in [1.807, 2.05) is 32.1 Å². The molecule has 0 atom stereocenters. The van der Waals surface area contributed by atoms with Gasteiger partial charge >= 0.3 is 0 Å². The lowest BCUT2D eigenvalue weighted by atomic mass is 9.83. The number of ether oxygens (including phenoxy) is 2. The zero-order valence-electron chi connectivity index (χ0n) is 17.1. The lowest BCUT2D eigenvalue weighted by Gasteiger charge is -2.26. The number of hydrogen-bond donors (Lipinski definition) is 1. The molecule has 148 valence electrons. The lowest BCUT2D eigenvalue weighted by molar-refractivity contribution is 0.104. The van der Waals surface area contributed by atoms with E-state index >= 15 is 0 Å². The molecule has 0 saturated heterocycles. The molecule has 0 heterocycles. The minimum absolute atomic E-state index is 0.113. The predicted molar refractivity (Wildman–Crippen MR) is 116 cm³/mol. The maximum absolute atomic E-state index is 12.6. The Balaban J connectivity index is 2.54. The van der Waals surface area contributed by atoms with Crippen molar-refractivity contribution in [2.45, 2.75) is 33.1 Å². The largest absolute Gasteiger partial charge is 0.493 e. The quantitative estimate of drug-likeness (QED) is 0.273. The Kier molecular flexibility index (Phi) is 7.05. The molecule has 0 aliphatic heterocycles. The number of nitrogen functional groups attached to an aromatic ring is 1. The normalized spacial score (nSPS) is 11.4. The Hall–Kier alpha value is -3.01. The first-order chi connectivity index (χ1) is 13.3. The molecule has 0 aromatic heterocycles. The summed E-state index contributed by atoms with van der Waals surface area (Å²) in [7, 11) is 0. The van der Waals surface area contributed by atoms with Crippen molar-refractivity contribution in [1.29, 1.82) is 0 Å². The number of anilines is 1. The highest BCUT2D eigenvalue weighted by molar-refractivity contribution is 6.07. The van der Waals surface area contributed by atoms with Crippen molar-refractivity contribution >= 4 is 17.5 Å². The second kappa shape index (κ2) is 9.27. The number of benzene rings is 2. The van der Waals surface area contributed by atoms with Gasteiger partial charge in [-0.3, -0.25) is 4.79 Å². The van der Waals surface area contributed by atoms with Crippen LogP contribution in [0.1, 0.15) is 49.2 Å². The second-order valence-electron chi connectivity index (χ2n) is 6.97. The number of nitrogens with two attached hydrogens (primary N) is 1. The predicted octanol–water partition coefficient (Wildman–Crippen LogP) is 5.43. The van der Waals surface area contributed by atoms with E-state index in [-0.39, 0.29) is 11.2 Å². The van der Waals surface area contributed by atoms with Crippen LogP contribution < -0.4 is 15.2 Å². The summed E-state index contributed by atoms with van der Waals surface area (Å²) in [6.45, 7) is 13.0. The van der Waals surface area contributed by atoms with Gasteiger partial charge < -0.3 is 15.2 Å². The van der Waals surface area contributed by atoms with E-state index in [1.165, 1.54) is 6.08 Å². The van der Waals surface area contributed by atoms with Gasteiger partial charge in [0.05, 0.1) is 18.8 Å². The first-order valence-corrected chi connectivity index (χ1v) is 9.48. The maximum Gasteiger partial charge on any atom is 0.185 e. The molecule has 2 aromatic carbocycles. The summed E-state index contributed by atoms with van der Waals surface area (Å²) >= 11 is 0. The van der Waals surface area contributed by atoms with Gasteiger partial charge in [-0.15, -0.1) is 6.58 Å². The first kappa shape index (κ1) is 21.3. The molecule has 0 amide bonds. The van der Waals surface area contributed by atoms with E-state index < -0.39 is 0 Å². The third kappa shape index (κ3) is 4.83. The van der Waals surface area contributed by atoms with Gasteiger partial charge in [0.25, 0.3) is 0 Å². The van der Waals surface area contributed by atoms with Gasteiger partial charge in [0.2, 0.25) is 0 Å². The van der Waals surface area contributed by atoms with Crippen LogP contribution in [0, 0.1) is 0 Å². The monoisotopic (exact) mass is 379 g/mol. The van der Waals surface area contributed by atoms with E-state index in [9.17, 15) is 4.79 Å². The van der Waals surface area contributed by atoms with E-state index in [0.717, 1.165) is 11.1 Å². The molecule has 0 unspecified atom stereocenters. The average Bonchev–Trinajstić information content (AvgIpc) is 2.68. The highest BCUT2D eigenvalue weighted by Gasteiger charge is 2.24. The summed E-state index contributed by atoms with van der Waals surface area (Å²) in [5, 5.41) is 0. The smallest absolute Gasteiger partial charge is 0.185 e. The van der Waals surface area contributed by atoms with Gasteiger partial charge in [-0.2, -0.15) is 0 Å². The van der Waals surface area contributed by atoms with E-state index in [1.54, 1.807) is 30.3 Å². The molecule has 28 heavy (non-hydrogen) atoms. The lowest BCUT2D eigenvalue weighted by Crippen LogP contribution is -2.16.